The first-order valence-electron chi connectivity index (χ1n) is 12.3. The Balaban J connectivity index is 1.62. The smallest absolute Gasteiger partial charge is 0.305 e. The molecule has 8 nitrogen and oxygen atoms in total. The first-order valence-corrected chi connectivity index (χ1v) is 14.5. The molecule has 1 heterocycles. The van der Waals surface area contributed by atoms with Crippen molar-refractivity contribution in [2.75, 3.05) is 13.7 Å². The minimum atomic E-state index is -4.16. The molecule has 0 saturated carbocycles. The summed E-state index contributed by atoms with van der Waals surface area (Å²) >= 11 is 12.1. The lowest BCUT2D eigenvalue weighted by molar-refractivity contribution is -0.138. The van der Waals surface area contributed by atoms with Gasteiger partial charge in [0.1, 0.15) is 17.1 Å². The third-order valence-electron chi connectivity index (χ3n) is 6.97. The van der Waals surface area contributed by atoms with Crippen molar-refractivity contribution in [1.29, 1.82) is 0 Å². The predicted octanol–water partition coefficient (Wildman–Crippen LogP) is 5.68. The van der Waals surface area contributed by atoms with Gasteiger partial charge < -0.3 is 15.2 Å². The summed E-state index contributed by atoms with van der Waals surface area (Å²) < 4.78 is 47.8. The molecule has 0 aliphatic carbocycles. The number of nitrogens with zero attached hydrogens (tertiary/aromatic N) is 1. The summed E-state index contributed by atoms with van der Waals surface area (Å²) in [6.07, 6.45) is 0.188. The highest BCUT2D eigenvalue weighted by Crippen LogP contribution is 2.37. The largest absolute Gasteiger partial charge is 0.497 e. The van der Waals surface area contributed by atoms with E-state index in [0.29, 0.717) is 28.9 Å². The molecule has 0 aromatic heterocycles. The first kappa shape index (κ1) is 29.8. The Hall–Kier alpha value is -3.18. The van der Waals surface area contributed by atoms with Crippen molar-refractivity contribution in [3.8, 4) is 16.9 Å². The minimum absolute atomic E-state index is 0.0841. The zero-order chi connectivity index (χ0) is 29.2. The Kier molecular flexibility index (Phi) is 8.75. The fourth-order valence-corrected chi connectivity index (χ4v) is 7.38. The first-order chi connectivity index (χ1) is 18.8. The third-order valence-corrected chi connectivity index (χ3v) is 9.40. The van der Waals surface area contributed by atoms with E-state index >= 15 is 0 Å². The molecule has 0 radical (unpaired) electrons. The van der Waals surface area contributed by atoms with Crippen LogP contribution in [0.5, 0.6) is 5.75 Å². The van der Waals surface area contributed by atoms with E-state index in [9.17, 15) is 27.5 Å². The Labute approximate surface area is 241 Å². The number of hydrogen-bond donors (Lipinski definition) is 2. The number of ether oxygens (including phenoxy) is 1. The van der Waals surface area contributed by atoms with E-state index in [1.807, 2.05) is 0 Å². The zero-order valence-electron chi connectivity index (χ0n) is 21.7. The Morgan fingerprint density at radius 3 is 2.35 bits per heavy atom. The molecule has 1 saturated heterocycles. The zero-order valence-corrected chi connectivity index (χ0v) is 24.0. The maximum Gasteiger partial charge on any atom is 0.305 e. The SMILES string of the molecule is COc1ccc(F)c(-c2ccc([C@@H](CC(=O)O)NC(=O)[C@]3(C)CCCN3S(=O)(=O)c3cc(Cl)cc(Cl)c3)cc2)c1. The fraction of sp³-hybridized carbons (Fsp3) is 0.286. The molecule has 3 aromatic carbocycles. The van der Waals surface area contributed by atoms with Gasteiger partial charge in [0.05, 0.1) is 24.5 Å². The van der Waals surface area contributed by atoms with Gasteiger partial charge in [0, 0.05) is 22.2 Å². The molecule has 1 aliphatic rings. The van der Waals surface area contributed by atoms with Crippen LogP contribution < -0.4 is 10.1 Å². The highest BCUT2D eigenvalue weighted by Gasteiger charge is 2.50. The molecule has 0 unspecified atom stereocenters. The van der Waals surface area contributed by atoms with E-state index in [2.05, 4.69) is 5.32 Å². The Morgan fingerprint density at radius 2 is 1.75 bits per heavy atom. The van der Waals surface area contributed by atoms with Gasteiger partial charge in [0.2, 0.25) is 15.9 Å². The van der Waals surface area contributed by atoms with Crippen LogP contribution in [0.15, 0.2) is 65.6 Å². The summed E-state index contributed by atoms with van der Waals surface area (Å²) in [5, 5.41) is 12.6. The number of carbonyl (C=O) groups is 2. The molecule has 12 heteroatoms. The molecule has 4 rings (SSSR count). The van der Waals surface area contributed by atoms with E-state index in [4.69, 9.17) is 27.9 Å². The monoisotopic (exact) mass is 608 g/mol. The van der Waals surface area contributed by atoms with Gasteiger partial charge in [0.15, 0.2) is 0 Å². The number of carbonyl (C=O) groups excluding carboxylic acids is 1. The second kappa shape index (κ2) is 11.7. The van der Waals surface area contributed by atoms with Crippen LogP contribution in [0.3, 0.4) is 0 Å². The second-order valence-corrected chi connectivity index (χ2v) is 12.4. The number of benzene rings is 3. The maximum atomic E-state index is 14.5. The van der Waals surface area contributed by atoms with Gasteiger partial charge in [-0.1, -0.05) is 47.5 Å². The van der Waals surface area contributed by atoms with Crippen LogP contribution >= 0.6 is 23.2 Å². The number of rotatable bonds is 9. The predicted molar refractivity (Wildman–Crippen MR) is 150 cm³/mol. The highest BCUT2D eigenvalue weighted by atomic mass is 35.5. The molecule has 2 N–H and O–H groups in total. The number of carboxylic acids is 1. The molecule has 0 spiro atoms. The number of methoxy groups -OCH3 is 1. The number of halogens is 3. The van der Waals surface area contributed by atoms with E-state index in [1.54, 1.807) is 30.3 Å². The number of nitrogens with one attached hydrogen (secondary N) is 1. The van der Waals surface area contributed by atoms with E-state index in [-0.39, 0.29) is 27.9 Å². The van der Waals surface area contributed by atoms with Crippen LogP contribution in [0.4, 0.5) is 4.39 Å². The van der Waals surface area contributed by atoms with Gasteiger partial charge >= 0.3 is 5.97 Å². The number of aliphatic carboxylic acids is 1. The van der Waals surface area contributed by atoms with Gasteiger partial charge in [-0.05, 0) is 67.3 Å². The lowest BCUT2D eigenvalue weighted by Gasteiger charge is -2.34. The molecule has 212 valence electrons. The summed E-state index contributed by atoms with van der Waals surface area (Å²) in [5.74, 6) is -1.79. The van der Waals surface area contributed by atoms with E-state index in [1.165, 1.54) is 44.4 Å². The molecule has 3 aromatic rings. The molecular weight excluding hydrogens is 582 g/mol. The third kappa shape index (κ3) is 6.10. The summed E-state index contributed by atoms with van der Waals surface area (Å²) in [7, 11) is -2.69. The second-order valence-electron chi connectivity index (χ2n) is 9.65. The normalized spacial score (nSPS) is 18.3. The quantitative estimate of drug-likeness (QED) is 0.323. The van der Waals surface area contributed by atoms with Crippen LogP contribution in [-0.4, -0.2) is 48.9 Å². The van der Waals surface area contributed by atoms with E-state index < -0.39 is 45.7 Å². The van der Waals surface area contributed by atoms with Gasteiger partial charge in [-0.25, -0.2) is 12.8 Å². The lowest BCUT2D eigenvalue weighted by Crippen LogP contribution is -2.55. The standard InChI is InChI=1S/C28H27Cl2FN2O6S/c1-28(10-3-11-33(28)40(37,38)22-13-19(29)12-20(30)14-22)27(36)32-25(16-26(34)35)18-6-4-17(5-7-18)23-15-21(39-2)8-9-24(23)31/h4-9,12-15,25H,3,10-11,16H2,1-2H3,(H,32,36)(H,34,35)/t25-,28+/m1/s1. The summed E-state index contributed by atoms with van der Waals surface area (Å²) in [5.41, 5.74) is -0.208. The summed E-state index contributed by atoms with van der Waals surface area (Å²) in [6.45, 7) is 1.59. The van der Waals surface area contributed by atoms with Crippen molar-refractivity contribution in [2.24, 2.45) is 0 Å². The minimum Gasteiger partial charge on any atom is -0.497 e. The number of carboxylic acid groups (broad SMARTS) is 1. The van der Waals surface area contributed by atoms with E-state index in [0.717, 1.165) is 4.31 Å². The van der Waals surface area contributed by atoms with Crippen molar-refractivity contribution in [2.45, 2.75) is 42.7 Å². The highest BCUT2D eigenvalue weighted by molar-refractivity contribution is 7.89. The van der Waals surface area contributed by atoms with Crippen molar-refractivity contribution >= 4 is 45.1 Å². The van der Waals surface area contributed by atoms with Crippen molar-refractivity contribution in [3.05, 3.63) is 82.1 Å². The fourth-order valence-electron chi connectivity index (χ4n) is 4.84. The van der Waals surface area contributed by atoms with Gasteiger partial charge in [-0.15, -0.1) is 0 Å². The molecule has 40 heavy (non-hydrogen) atoms. The summed E-state index contributed by atoms with van der Waals surface area (Å²) in [4.78, 5) is 25.2. The van der Waals surface area contributed by atoms with Crippen molar-refractivity contribution in [3.63, 3.8) is 0 Å². The topological polar surface area (TPSA) is 113 Å². The molecule has 1 amide bonds. The van der Waals surface area contributed by atoms with Crippen molar-refractivity contribution in [1.82, 2.24) is 9.62 Å². The molecule has 1 aliphatic heterocycles. The molecule has 1 fully saturated rings. The van der Waals surface area contributed by atoms with Gasteiger partial charge in [0.25, 0.3) is 0 Å². The lowest BCUT2D eigenvalue weighted by atomic mass is 9.95. The van der Waals surface area contributed by atoms with Crippen molar-refractivity contribution < 1.29 is 32.2 Å². The average molecular weight is 610 g/mol. The molecule has 0 bridgehead atoms. The average Bonchev–Trinajstić information content (AvgIpc) is 3.31. The Morgan fingerprint density at radius 1 is 1.10 bits per heavy atom. The Bertz CT molecular complexity index is 1530. The number of sulfonamides is 1. The van der Waals surface area contributed by atoms with Crippen LogP contribution in [0.25, 0.3) is 11.1 Å². The number of hydrogen-bond acceptors (Lipinski definition) is 5. The van der Waals surface area contributed by atoms with Crippen LogP contribution in [0.2, 0.25) is 10.0 Å². The van der Waals surface area contributed by atoms with Gasteiger partial charge in [-0.2, -0.15) is 4.31 Å². The van der Waals surface area contributed by atoms with Crippen LogP contribution in [0, 0.1) is 5.82 Å². The van der Waals surface area contributed by atoms with Crippen LogP contribution in [0.1, 0.15) is 37.8 Å². The molecule has 2 atom stereocenters. The number of amides is 1. The molecular formula is C28H27Cl2FN2O6S. The van der Waals surface area contributed by atoms with Gasteiger partial charge in [-0.3, -0.25) is 9.59 Å². The maximum absolute atomic E-state index is 14.5. The van der Waals surface area contributed by atoms with Crippen LogP contribution in [-0.2, 0) is 19.6 Å². The summed E-state index contributed by atoms with van der Waals surface area (Å²) in [6, 6.07) is 13.7.